The van der Waals surface area contributed by atoms with E-state index in [9.17, 15) is 4.39 Å². The molecule has 1 atom stereocenters. The van der Waals surface area contributed by atoms with E-state index in [0.29, 0.717) is 12.3 Å². The minimum atomic E-state index is -0.275. The van der Waals surface area contributed by atoms with Gasteiger partial charge in [0.05, 0.1) is 12.2 Å². The molecular weight excluding hydrogens is 347 g/mol. The first-order valence-corrected chi connectivity index (χ1v) is 9.35. The van der Waals surface area contributed by atoms with Gasteiger partial charge in [0.15, 0.2) is 5.96 Å². The Morgan fingerprint density at radius 1 is 1.26 bits per heavy atom. The zero-order chi connectivity index (χ0) is 19.6. The average molecular weight is 376 g/mol. The van der Waals surface area contributed by atoms with Gasteiger partial charge in [-0.25, -0.2) is 9.38 Å². The van der Waals surface area contributed by atoms with E-state index in [-0.39, 0.29) is 11.9 Å². The maximum absolute atomic E-state index is 12.9. The van der Waals surface area contributed by atoms with Crippen molar-refractivity contribution in [3.63, 3.8) is 0 Å². The predicted molar refractivity (Wildman–Crippen MR) is 105 cm³/mol. The number of hydrogen-bond acceptors (Lipinski definition) is 4. The third-order valence-electron chi connectivity index (χ3n) is 4.08. The molecule has 0 saturated heterocycles. The molecule has 0 aliphatic heterocycles. The minimum Gasteiger partial charge on any atom is -0.489 e. The number of halogens is 1. The Labute approximate surface area is 160 Å². The third kappa shape index (κ3) is 6.92. The van der Waals surface area contributed by atoms with Gasteiger partial charge >= 0.3 is 0 Å². The summed E-state index contributed by atoms with van der Waals surface area (Å²) in [6.45, 7) is 9.94. The highest BCUT2D eigenvalue weighted by molar-refractivity contribution is 5.79. The average Bonchev–Trinajstić information content (AvgIpc) is 2.96. The third-order valence-corrected chi connectivity index (χ3v) is 4.08. The highest BCUT2D eigenvalue weighted by Crippen LogP contribution is 2.14. The molecule has 2 aromatic rings. The summed E-state index contributed by atoms with van der Waals surface area (Å²) in [6.07, 6.45) is 1.75. The Kier molecular flexibility index (Phi) is 8.10. The Hall–Kier alpha value is -2.57. The van der Waals surface area contributed by atoms with Gasteiger partial charge in [-0.15, -0.1) is 0 Å². The Morgan fingerprint density at radius 3 is 2.63 bits per heavy atom. The van der Waals surface area contributed by atoms with Gasteiger partial charge in [-0.05, 0) is 64.8 Å². The number of guanidine groups is 1. The van der Waals surface area contributed by atoms with Gasteiger partial charge in [0.25, 0.3) is 0 Å². The predicted octanol–water partition coefficient (Wildman–Crippen LogP) is 3.39. The first-order valence-electron chi connectivity index (χ1n) is 9.35. The fourth-order valence-electron chi connectivity index (χ4n) is 2.68. The number of rotatable bonds is 9. The second-order valence-corrected chi connectivity index (χ2v) is 6.44. The van der Waals surface area contributed by atoms with E-state index in [1.165, 1.54) is 17.7 Å². The summed E-state index contributed by atoms with van der Waals surface area (Å²) in [4.78, 5) is 4.56. The van der Waals surface area contributed by atoms with Crippen LogP contribution in [-0.2, 0) is 6.42 Å². The fourth-order valence-corrected chi connectivity index (χ4v) is 2.68. The number of hydrogen-bond donors (Lipinski definition) is 2. The van der Waals surface area contributed by atoms with E-state index in [1.807, 2.05) is 27.7 Å². The number of nitrogens with zero attached hydrogens (tertiary/aromatic N) is 2. The minimum absolute atomic E-state index is 0.117. The lowest BCUT2D eigenvalue weighted by atomic mass is 10.1. The number of ether oxygens (including phenoxy) is 1. The molecule has 1 unspecified atom stereocenters. The molecule has 0 saturated carbocycles. The first kappa shape index (κ1) is 20.7. The zero-order valence-corrected chi connectivity index (χ0v) is 16.5. The highest BCUT2D eigenvalue weighted by Gasteiger charge is 2.09. The molecule has 1 aromatic carbocycles. The van der Waals surface area contributed by atoms with Crippen LogP contribution in [0.4, 0.5) is 4.39 Å². The maximum Gasteiger partial charge on any atom is 0.191 e. The molecule has 0 spiro atoms. The number of aryl methyl sites for hydroxylation is 2. The molecule has 2 N–H and O–H groups in total. The fraction of sp³-hybridized carbons (Fsp3) is 0.500. The summed E-state index contributed by atoms with van der Waals surface area (Å²) in [5.41, 5.74) is 2.14. The van der Waals surface area contributed by atoms with Crippen LogP contribution in [-0.4, -0.2) is 36.9 Å². The molecule has 1 aromatic heterocycles. The Bertz CT molecular complexity index is 709. The molecule has 0 amide bonds. The van der Waals surface area contributed by atoms with Crippen molar-refractivity contribution in [1.29, 1.82) is 0 Å². The Balaban J connectivity index is 1.78. The van der Waals surface area contributed by atoms with Crippen LogP contribution in [0.2, 0.25) is 0 Å². The lowest BCUT2D eigenvalue weighted by Gasteiger charge is -2.15. The van der Waals surface area contributed by atoms with Gasteiger partial charge in [0.2, 0.25) is 0 Å². The molecule has 0 aliphatic carbocycles. The van der Waals surface area contributed by atoms with E-state index >= 15 is 0 Å². The van der Waals surface area contributed by atoms with E-state index in [0.717, 1.165) is 43.3 Å². The standard InChI is InChI=1S/C20H29FN4O2/c1-5-22-20(23-12-6-7-19-15(3)25-27-16(19)4)24-13-14(2)26-18-10-8-17(21)9-11-18/h8-11,14H,5-7,12-13H2,1-4H3,(H2,22,23,24). The number of nitrogens with one attached hydrogen (secondary N) is 2. The Morgan fingerprint density at radius 2 is 2.00 bits per heavy atom. The largest absolute Gasteiger partial charge is 0.489 e. The molecule has 0 aliphatic rings. The van der Waals surface area contributed by atoms with Gasteiger partial charge in [0, 0.05) is 18.7 Å². The van der Waals surface area contributed by atoms with Gasteiger partial charge in [-0.3, -0.25) is 0 Å². The van der Waals surface area contributed by atoms with Crippen molar-refractivity contribution in [2.24, 2.45) is 4.99 Å². The van der Waals surface area contributed by atoms with Crippen molar-refractivity contribution in [2.45, 2.75) is 46.6 Å². The molecule has 0 radical (unpaired) electrons. The van der Waals surface area contributed by atoms with E-state index in [1.54, 1.807) is 12.1 Å². The topological polar surface area (TPSA) is 71.7 Å². The molecule has 1 heterocycles. The van der Waals surface area contributed by atoms with Crippen molar-refractivity contribution in [3.8, 4) is 5.75 Å². The van der Waals surface area contributed by atoms with Crippen LogP contribution in [0.3, 0.4) is 0 Å². The molecule has 0 bridgehead atoms. The highest BCUT2D eigenvalue weighted by atomic mass is 19.1. The van der Waals surface area contributed by atoms with Crippen LogP contribution in [0.25, 0.3) is 0 Å². The van der Waals surface area contributed by atoms with Crippen molar-refractivity contribution in [3.05, 3.63) is 47.1 Å². The number of aliphatic imine (C=N–C) groups is 1. The molecule has 6 nitrogen and oxygen atoms in total. The quantitative estimate of drug-likeness (QED) is 0.399. The van der Waals surface area contributed by atoms with Crippen LogP contribution >= 0.6 is 0 Å². The SMILES string of the molecule is CCNC(=NCC(C)Oc1ccc(F)cc1)NCCCc1c(C)noc1C. The summed E-state index contributed by atoms with van der Waals surface area (Å²) in [7, 11) is 0. The van der Waals surface area contributed by atoms with E-state index in [2.05, 4.69) is 20.8 Å². The molecule has 148 valence electrons. The van der Waals surface area contributed by atoms with Crippen molar-refractivity contribution in [1.82, 2.24) is 15.8 Å². The second kappa shape index (κ2) is 10.5. The van der Waals surface area contributed by atoms with E-state index < -0.39 is 0 Å². The van der Waals surface area contributed by atoms with Gasteiger partial charge < -0.3 is 19.9 Å². The smallest absolute Gasteiger partial charge is 0.191 e. The van der Waals surface area contributed by atoms with Crippen molar-refractivity contribution in [2.75, 3.05) is 19.6 Å². The molecule has 7 heteroatoms. The number of benzene rings is 1. The van der Waals surface area contributed by atoms with Gasteiger partial charge in [-0.1, -0.05) is 5.16 Å². The lowest BCUT2D eigenvalue weighted by molar-refractivity contribution is 0.230. The van der Waals surface area contributed by atoms with Gasteiger partial charge in [-0.2, -0.15) is 0 Å². The van der Waals surface area contributed by atoms with Crippen LogP contribution in [0.5, 0.6) is 5.75 Å². The summed E-state index contributed by atoms with van der Waals surface area (Å²) in [5.74, 6) is 2.01. The summed E-state index contributed by atoms with van der Waals surface area (Å²) in [5, 5.41) is 10.5. The summed E-state index contributed by atoms with van der Waals surface area (Å²) < 4.78 is 23.9. The lowest BCUT2D eigenvalue weighted by Crippen LogP contribution is -2.38. The van der Waals surface area contributed by atoms with Crippen molar-refractivity contribution >= 4 is 5.96 Å². The van der Waals surface area contributed by atoms with Crippen LogP contribution < -0.4 is 15.4 Å². The normalized spacial score (nSPS) is 12.7. The summed E-state index contributed by atoms with van der Waals surface area (Å²) >= 11 is 0. The molecule has 2 rings (SSSR count). The summed E-state index contributed by atoms with van der Waals surface area (Å²) in [6, 6.07) is 6.01. The zero-order valence-electron chi connectivity index (χ0n) is 16.5. The van der Waals surface area contributed by atoms with Crippen LogP contribution in [0.15, 0.2) is 33.8 Å². The van der Waals surface area contributed by atoms with Gasteiger partial charge in [0.1, 0.15) is 23.4 Å². The maximum atomic E-state index is 12.9. The molecular formula is C20H29FN4O2. The van der Waals surface area contributed by atoms with Crippen LogP contribution in [0.1, 0.15) is 37.3 Å². The van der Waals surface area contributed by atoms with Crippen molar-refractivity contribution < 1.29 is 13.7 Å². The first-order chi connectivity index (χ1) is 13.0. The molecule has 27 heavy (non-hydrogen) atoms. The monoisotopic (exact) mass is 376 g/mol. The van der Waals surface area contributed by atoms with Crippen LogP contribution in [0, 0.1) is 19.7 Å². The second-order valence-electron chi connectivity index (χ2n) is 6.44. The number of aromatic nitrogens is 1. The molecule has 0 fully saturated rings. The van der Waals surface area contributed by atoms with E-state index in [4.69, 9.17) is 9.26 Å².